The van der Waals surface area contributed by atoms with Crippen molar-refractivity contribution in [2.45, 2.75) is 31.8 Å². The largest absolute Gasteiger partial charge is 0.386 e. The SMILES string of the molecule is Cc1nn(-c2ccccn2)c2nc(C3CC3)cc(C(=O)NCC(O)c3ccc(F)cc3F)c12. The lowest BCUT2D eigenvalue weighted by Gasteiger charge is -2.14. The van der Waals surface area contributed by atoms with Crippen molar-refractivity contribution in [1.29, 1.82) is 0 Å². The molecule has 33 heavy (non-hydrogen) atoms. The molecule has 168 valence electrons. The topological polar surface area (TPSA) is 92.9 Å². The van der Waals surface area contributed by atoms with Gasteiger partial charge < -0.3 is 10.4 Å². The van der Waals surface area contributed by atoms with Crippen LogP contribution < -0.4 is 5.32 Å². The molecule has 1 aromatic carbocycles. The molecule has 1 fully saturated rings. The van der Waals surface area contributed by atoms with Gasteiger partial charge in [0.2, 0.25) is 0 Å². The molecule has 1 aliphatic rings. The van der Waals surface area contributed by atoms with Gasteiger partial charge in [-0.3, -0.25) is 4.79 Å². The number of halogens is 2. The lowest BCUT2D eigenvalue weighted by molar-refractivity contribution is 0.0915. The number of aliphatic hydroxyl groups excluding tert-OH is 1. The predicted molar refractivity (Wildman–Crippen MR) is 117 cm³/mol. The number of amides is 1. The number of benzene rings is 1. The minimum Gasteiger partial charge on any atom is -0.386 e. The van der Waals surface area contributed by atoms with Gasteiger partial charge in [0.25, 0.3) is 5.91 Å². The second-order valence-electron chi connectivity index (χ2n) is 8.14. The maximum absolute atomic E-state index is 14.0. The van der Waals surface area contributed by atoms with Crippen molar-refractivity contribution in [3.05, 3.63) is 82.8 Å². The molecule has 1 unspecified atom stereocenters. The third kappa shape index (κ3) is 4.07. The number of carbonyl (C=O) groups excluding carboxylic acids is 1. The number of fused-ring (bicyclic) bond motifs is 1. The van der Waals surface area contributed by atoms with E-state index in [1.807, 2.05) is 12.1 Å². The van der Waals surface area contributed by atoms with E-state index >= 15 is 0 Å². The van der Waals surface area contributed by atoms with E-state index in [1.165, 1.54) is 6.07 Å². The van der Waals surface area contributed by atoms with E-state index in [0.29, 0.717) is 34.2 Å². The van der Waals surface area contributed by atoms with Crippen LogP contribution in [0.25, 0.3) is 16.9 Å². The molecule has 0 radical (unpaired) electrons. The van der Waals surface area contributed by atoms with Gasteiger partial charge in [-0.15, -0.1) is 0 Å². The molecule has 0 saturated heterocycles. The predicted octanol–water partition coefficient (Wildman–Crippen LogP) is 3.74. The highest BCUT2D eigenvalue weighted by atomic mass is 19.1. The molecular formula is C24H21F2N5O2. The first-order chi connectivity index (χ1) is 15.9. The summed E-state index contributed by atoms with van der Waals surface area (Å²) >= 11 is 0. The van der Waals surface area contributed by atoms with Crippen LogP contribution in [0.3, 0.4) is 0 Å². The fourth-order valence-electron chi connectivity index (χ4n) is 3.88. The average Bonchev–Trinajstić information content (AvgIpc) is 3.61. The minimum atomic E-state index is -1.33. The molecule has 0 spiro atoms. The van der Waals surface area contributed by atoms with Crippen LogP contribution >= 0.6 is 0 Å². The van der Waals surface area contributed by atoms with Crippen LogP contribution in [-0.2, 0) is 0 Å². The molecular weight excluding hydrogens is 428 g/mol. The van der Waals surface area contributed by atoms with E-state index in [0.717, 1.165) is 24.6 Å². The van der Waals surface area contributed by atoms with Gasteiger partial charge in [0.05, 0.1) is 22.7 Å². The molecule has 3 aromatic heterocycles. The molecule has 1 saturated carbocycles. The van der Waals surface area contributed by atoms with Crippen molar-refractivity contribution in [2.24, 2.45) is 0 Å². The monoisotopic (exact) mass is 449 g/mol. The Morgan fingerprint density at radius 1 is 1.24 bits per heavy atom. The first kappa shape index (κ1) is 21.1. The Morgan fingerprint density at radius 2 is 2.06 bits per heavy atom. The number of aryl methyl sites for hydroxylation is 1. The quantitative estimate of drug-likeness (QED) is 0.468. The zero-order valence-electron chi connectivity index (χ0n) is 17.8. The molecule has 5 rings (SSSR count). The van der Waals surface area contributed by atoms with E-state index in [9.17, 15) is 18.7 Å². The third-order valence-electron chi connectivity index (χ3n) is 5.72. The van der Waals surface area contributed by atoms with Gasteiger partial charge in [-0.1, -0.05) is 12.1 Å². The van der Waals surface area contributed by atoms with Gasteiger partial charge in [-0.2, -0.15) is 9.78 Å². The van der Waals surface area contributed by atoms with Crippen molar-refractivity contribution < 1.29 is 18.7 Å². The van der Waals surface area contributed by atoms with Gasteiger partial charge in [0, 0.05) is 36.0 Å². The number of rotatable bonds is 6. The van der Waals surface area contributed by atoms with Crippen molar-refractivity contribution in [3.63, 3.8) is 0 Å². The maximum Gasteiger partial charge on any atom is 0.252 e. The molecule has 3 heterocycles. The van der Waals surface area contributed by atoms with Crippen LogP contribution in [-0.4, -0.2) is 37.3 Å². The smallest absolute Gasteiger partial charge is 0.252 e. The van der Waals surface area contributed by atoms with E-state index in [2.05, 4.69) is 15.4 Å². The zero-order chi connectivity index (χ0) is 23.1. The molecule has 7 nitrogen and oxygen atoms in total. The van der Waals surface area contributed by atoms with Crippen molar-refractivity contribution in [2.75, 3.05) is 6.54 Å². The summed E-state index contributed by atoms with van der Waals surface area (Å²) in [6.45, 7) is 1.55. The summed E-state index contributed by atoms with van der Waals surface area (Å²) in [6.07, 6.45) is 2.33. The molecule has 0 bridgehead atoms. The molecule has 2 N–H and O–H groups in total. The summed E-state index contributed by atoms with van der Waals surface area (Å²) < 4.78 is 28.8. The van der Waals surface area contributed by atoms with E-state index in [-0.39, 0.29) is 18.0 Å². The van der Waals surface area contributed by atoms with Gasteiger partial charge in [-0.05, 0) is 44.0 Å². The minimum absolute atomic E-state index is 0.0885. The second-order valence-corrected chi connectivity index (χ2v) is 8.14. The van der Waals surface area contributed by atoms with Crippen LogP contribution in [0.4, 0.5) is 8.78 Å². The van der Waals surface area contributed by atoms with Crippen LogP contribution in [0.5, 0.6) is 0 Å². The van der Waals surface area contributed by atoms with Crippen LogP contribution in [0.2, 0.25) is 0 Å². The highest BCUT2D eigenvalue weighted by Crippen LogP contribution is 2.40. The highest BCUT2D eigenvalue weighted by Gasteiger charge is 2.29. The maximum atomic E-state index is 14.0. The molecule has 9 heteroatoms. The van der Waals surface area contributed by atoms with Gasteiger partial charge in [-0.25, -0.2) is 18.7 Å². The number of nitrogens with one attached hydrogen (secondary N) is 1. The average molecular weight is 449 g/mol. The fraction of sp³-hybridized carbons (Fsp3) is 0.250. The molecule has 4 aromatic rings. The summed E-state index contributed by atoms with van der Waals surface area (Å²) in [5.74, 6) is -1.17. The highest BCUT2D eigenvalue weighted by molar-refractivity contribution is 6.06. The van der Waals surface area contributed by atoms with Crippen molar-refractivity contribution >= 4 is 16.9 Å². The first-order valence-corrected chi connectivity index (χ1v) is 10.6. The standard InChI is InChI=1S/C24H21F2N5O2/c1-13-22-17(24(33)28-12-20(32)16-8-7-15(25)10-18(16)26)11-19(14-5-6-14)29-23(22)31(30-13)21-4-2-3-9-27-21/h2-4,7-11,14,20,32H,5-6,12H2,1H3,(H,28,33). The Kier molecular flexibility index (Phi) is 5.33. The van der Waals surface area contributed by atoms with Crippen molar-refractivity contribution in [3.8, 4) is 5.82 Å². The Bertz CT molecular complexity index is 1350. The number of aliphatic hydroxyl groups is 1. The Balaban J connectivity index is 1.49. The molecule has 1 amide bonds. The summed E-state index contributed by atoms with van der Waals surface area (Å²) in [6, 6.07) is 10.1. The first-order valence-electron chi connectivity index (χ1n) is 10.6. The number of aromatic nitrogens is 4. The molecule has 1 aliphatic carbocycles. The lowest BCUT2D eigenvalue weighted by atomic mass is 10.1. The molecule has 1 atom stereocenters. The Morgan fingerprint density at radius 3 is 2.76 bits per heavy atom. The number of hydrogen-bond acceptors (Lipinski definition) is 5. The summed E-state index contributed by atoms with van der Waals surface area (Å²) in [4.78, 5) is 22.3. The Hall–Kier alpha value is -3.72. The second kappa shape index (κ2) is 8.32. The number of hydrogen-bond donors (Lipinski definition) is 2. The van der Waals surface area contributed by atoms with Crippen LogP contribution in [0.15, 0.2) is 48.7 Å². The van der Waals surface area contributed by atoms with E-state index < -0.39 is 23.6 Å². The molecule has 0 aliphatic heterocycles. The van der Waals surface area contributed by atoms with E-state index in [1.54, 1.807) is 29.9 Å². The third-order valence-corrected chi connectivity index (χ3v) is 5.72. The van der Waals surface area contributed by atoms with Gasteiger partial charge in [0.1, 0.15) is 11.6 Å². The van der Waals surface area contributed by atoms with E-state index in [4.69, 9.17) is 4.98 Å². The summed E-state index contributed by atoms with van der Waals surface area (Å²) in [5, 5.41) is 18.2. The van der Waals surface area contributed by atoms with Gasteiger partial charge >= 0.3 is 0 Å². The summed E-state index contributed by atoms with van der Waals surface area (Å²) in [5.41, 5.74) is 2.24. The zero-order valence-corrected chi connectivity index (χ0v) is 17.8. The van der Waals surface area contributed by atoms with Crippen molar-refractivity contribution in [1.82, 2.24) is 25.1 Å². The Labute approximate surface area is 188 Å². The van der Waals surface area contributed by atoms with Gasteiger partial charge in [0.15, 0.2) is 11.5 Å². The lowest BCUT2D eigenvalue weighted by Crippen LogP contribution is -2.29. The number of nitrogens with zero attached hydrogens (tertiary/aromatic N) is 4. The summed E-state index contributed by atoms with van der Waals surface area (Å²) in [7, 11) is 0. The van der Waals surface area contributed by atoms with Crippen LogP contribution in [0, 0.1) is 18.6 Å². The fourth-order valence-corrected chi connectivity index (χ4v) is 3.88. The normalized spacial score (nSPS) is 14.4. The number of pyridine rings is 2. The number of carbonyl (C=O) groups is 1. The van der Waals surface area contributed by atoms with Crippen LogP contribution in [0.1, 0.15) is 52.2 Å².